The number of halogens is 1. The molecule has 0 aliphatic heterocycles. The van der Waals surface area contributed by atoms with E-state index in [1.807, 2.05) is 0 Å². The van der Waals surface area contributed by atoms with Crippen molar-refractivity contribution in [3.63, 3.8) is 0 Å². The summed E-state index contributed by atoms with van der Waals surface area (Å²) in [5.74, 6) is 1.09. The van der Waals surface area contributed by atoms with Crippen molar-refractivity contribution in [3.8, 4) is 17.2 Å². The Labute approximate surface area is 186 Å². The molecule has 0 aliphatic rings. The molecule has 7 nitrogen and oxygen atoms in total. The number of ether oxygens (including phenoxy) is 2. The minimum Gasteiger partial charge on any atom is -0.493 e. The van der Waals surface area contributed by atoms with Gasteiger partial charge in [0.1, 0.15) is 11.6 Å². The third-order valence-electron chi connectivity index (χ3n) is 4.96. The summed E-state index contributed by atoms with van der Waals surface area (Å²) in [7, 11) is 1.51. The zero-order valence-electron chi connectivity index (χ0n) is 18.4. The number of methoxy groups -OCH3 is 1. The summed E-state index contributed by atoms with van der Waals surface area (Å²) in [6, 6.07) is 9.84. The number of carbonyl (C=O) groups excluding carboxylic acids is 2. The second-order valence-corrected chi connectivity index (χ2v) is 7.28. The van der Waals surface area contributed by atoms with Gasteiger partial charge in [0.05, 0.1) is 19.4 Å². The van der Waals surface area contributed by atoms with Crippen LogP contribution < -0.4 is 14.8 Å². The first-order valence-corrected chi connectivity index (χ1v) is 10.3. The number of benzene rings is 2. The standard InChI is InChI=1S/C24H26FN3O4/c1-16(29)19-7-9-22(23(14-19)31-3)32-12-4-5-24(30)27-15-18-6-8-21(20(25)13-18)28-11-10-26-17(28)2/h6-11,13-14H,4-5,12,15H2,1-3H3,(H,27,30). The number of nitrogens with zero attached hydrogens (tertiary/aromatic N) is 2. The van der Waals surface area contributed by atoms with Gasteiger partial charge in [-0.15, -0.1) is 0 Å². The first kappa shape index (κ1) is 23.0. The maximum absolute atomic E-state index is 14.5. The summed E-state index contributed by atoms with van der Waals surface area (Å²) in [5.41, 5.74) is 1.63. The van der Waals surface area contributed by atoms with Crippen LogP contribution in [0.1, 0.15) is 41.5 Å². The number of hydrogen-bond donors (Lipinski definition) is 1. The summed E-state index contributed by atoms with van der Waals surface area (Å²) in [6.45, 7) is 3.84. The Morgan fingerprint density at radius 3 is 2.62 bits per heavy atom. The zero-order chi connectivity index (χ0) is 23.1. The van der Waals surface area contributed by atoms with Crippen molar-refractivity contribution in [2.75, 3.05) is 13.7 Å². The summed E-state index contributed by atoms with van der Waals surface area (Å²) >= 11 is 0. The second kappa shape index (κ2) is 10.6. The number of Topliss-reactive ketones (excluding diaryl/α,β-unsaturated/α-hetero) is 1. The molecule has 0 bridgehead atoms. The fourth-order valence-corrected chi connectivity index (χ4v) is 3.20. The predicted octanol–water partition coefficient (Wildman–Crippen LogP) is 4.01. The monoisotopic (exact) mass is 439 g/mol. The highest BCUT2D eigenvalue weighted by atomic mass is 19.1. The third kappa shape index (κ3) is 5.72. The number of carbonyl (C=O) groups is 2. The van der Waals surface area contributed by atoms with Gasteiger partial charge in [0.25, 0.3) is 0 Å². The van der Waals surface area contributed by atoms with Crippen LogP contribution in [-0.4, -0.2) is 35.0 Å². The molecule has 3 rings (SSSR count). The van der Waals surface area contributed by atoms with Crippen LogP contribution in [0.25, 0.3) is 5.69 Å². The molecule has 0 saturated carbocycles. The van der Waals surface area contributed by atoms with E-state index in [-0.39, 0.29) is 30.5 Å². The predicted molar refractivity (Wildman–Crippen MR) is 118 cm³/mol. The van der Waals surface area contributed by atoms with E-state index >= 15 is 0 Å². The fraction of sp³-hybridized carbons (Fsp3) is 0.292. The highest BCUT2D eigenvalue weighted by Crippen LogP contribution is 2.28. The number of imidazole rings is 1. The summed E-state index contributed by atoms with van der Waals surface area (Å²) in [5, 5.41) is 2.79. The molecule has 1 aromatic heterocycles. The molecular weight excluding hydrogens is 413 g/mol. The molecule has 1 heterocycles. The average molecular weight is 439 g/mol. The van der Waals surface area contributed by atoms with E-state index in [1.165, 1.54) is 20.1 Å². The Bertz CT molecular complexity index is 1110. The maximum atomic E-state index is 14.5. The maximum Gasteiger partial charge on any atom is 0.220 e. The minimum absolute atomic E-state index is 0.0575. The number of hydrogen-bond acceptors (Lipinski definition) is 5. The van der Waals surface area contributed by atoms with Crippen molar-refractivity contribution in [3.05, 3.63) is 71.6 Å². The van der Waals surface area contributed by atoms with Crippen molar-refractivity contribution in [1.82, 2.24) is 14.9 Å². The summed E-state index contributed by atoms with van der Waals surface area (Å²) < 4.78 is 27.1. The van der Waals surface area contributed by atoms with Crippen molar-refractivity contribution in [2.24, 2.45) is 0 Å². The van der Waals surface area contributed by atoms with Crippen LogP contribution in [0.5, 0.6) is 11.5 Å². The molecule has 0 radical (unpaired) electrons. The largest absolute Gasteiger partial charge is 0.493 e. The number of ketones is 1. The zero-order valence-corrected chi connectivity index (χ0v) is 18.4. The first-order chi connectivity index (χ1) is 15.4. The van der Waals surface area contributed by atoms with Crippen LogP contribution in [-0.2, 0) is 11.3 Å². The highest BCUT2D eigenvalue weighted by molar-refractivity contribution is 5.94. The lowest BCUT2D eigenvalue weighted by Crippen LogP contribution is -2.23. The van der Waals surface area contributed by atoms with E-state index in [9.17, 15) is 14.0 Å². The van der Waals surface area contributed by atoms with Gasteiger partial charge in [-0.3, -0.25) is 9.59 Å². The molecule has 0 saturated heterocycles. The fourth-order valence-electron chi connectivity index (χ4n) is 3.20. The van der Waals surface area contributed by atoms with Crippen LogP contribution in [0.2, 0.25) is 0 Å². The Morgan fingerprint density at radius 2 is 1.97 bits per heavy atom. The lowest BCUT2D eigenvalue weighted by atomic mass is 10.1. The van der Waals surface area contributed by atoms with E-state index in [0.717, 1.165) is 0 Å². The van der Waals surface area contributed by atoms with Gasteiger partial charge in [-0.1, -0.05) is 6.07 Å². The lowest BCUT2D eigenvalue weighted by Gasteiger charge is -2.12. The van der Waals surface area contributed by atoms with E-state index in [0.29, 0.717) is 47.2 Å². The minimum atomic E-state index is -0.379. The number of amides is 1. The molecule has 0 atom stereocenters. The molecule has 2 aromatic carbocycles. The molecule has 1 N–H and O–H groups in total. The van der Waals surface area contributed by atoms with Gasteiger partial charge < -0.3 is 19.4 Å². The van der Waals surface area contributed by atoms with Gasteiger partial charge in [0.2, 0.25) is 5.91 Å². The Hall–Kier alpha value is -3.68. The second-order valence-electron chi connectivity index (χ2n) is 7.28. The summed E-state index contributed by atoms with van der Waals surface area (Å²) in [4.78, 5) is 27.7. The quantitative estimate of drug-likeness (QED) is 0.381. The van der Waals surface area contributed by atoms with Crippen LogP contribution >= 0.6 is 0 Å². The van der Waals surface area contributed by atoms with Crippen molar-refractivity contribution < 1.29 is 23.5 Å². The van der Waals surface area contributed by atoms with Crippen molar-refractivity contribution >= 4 is 11.7 Å². The van der Waals surface area contributed by atoms with Gasteiger partial charge in [0.15, 0.2) is 17.3 Å². The molecule has 0 unspecified atom stereocenters. The summed E-state index contributed by atoms with van der Waals surface area (Å²) in [6.07, 6.45) is 4.08. The van der Waals surface area contributed by atoms with Crippen molar-refractivity contribution in [2.45, 2.75) is 33.2 Å². The van der Waals surface area contributed by atoms with Crippen LogP contribution in [0.3, 0.4) is 0 Å². The molecule has 168 valence electrons. The van der Waals surface area contributed by atoms with E-state index < -0.39 is 0 Å². The highest BCUT2D eigenvalue weighted by Gasteiger charge is 2.10. The Balaban J connectivity index is 1.44. The number of aromatic nitrogens is 2. The van der Waals surface area contributed by atoms with Crippen LogP contribution in [0, 0.1) is 12.7 Å². The number of aryl methyl sites for hydroxylation is 1. The first-order valence-electron chi connectivity index (χ1n) is 10.3. The molecule has 0 fully saturated rings. The average Bonchev–Trinajstić information content (AvgIpc) is 3.20. The molecule has 3 aromatic rings. The Kier molecular flexibility index (Phi) is 7.59. The molecule has 0 aliphatic carbocycles. The molecule has 0 spiro atoms. The SMILES string of the molecule is COc1cc(C(C)=O)ccc1OCCCC(=O)NCc1ccc(-n2ccnc2C)c(F)c1. The van der Waals surface area contributed by atoms with Crippen LogP contribution in [0.4, 0.5) is 4.39 Å². The topological polar surface area (TPSA) is 82.5 Å². The van der Waals surface area contributed by atoms with Gasteiger partial charge in [0, 0.05) is 30.9 Å². The normalized spacial score (nSPS) is 10.6. The smallest absolute Gasteiger partial charge is 0.220 e. The molecule has 8 heteroatoms. The lowest BCUT2D eigenvalue weighted by molar-refractivity contribution is -0.121. The number of nitrogens with one attached hydrogen (secondary N) is 1. The van der Waals surface area contributed by atoms with E-state index in [4.69, 9.17) is 9.47 Å². The van der Waals surface area contributed by atoms with Gasteiger partial charge in [-0.05, 0) is 56.2 Å². The molecule has 32 heavy (non-hydrogen) atoms. The van der Waals surface area contributed by atoms with Gasteiger partial charge in [-0.2, -0.15) is 0 Å². The van der Waals surface area contributed by atoms with Gasteiger partial charge in [-0.25, -0.2) is 9.37 Å². The van der Waals surface area contributed by atoms with Gasteiger partial charge >= 0.3 is 0 Å². The third-order valence-corrected chi connectivity index (χ3v) is 4.96. The van der Waals surface area contributed by atoms with E-state index in [1.54, 1.807) is 54.2 Å². The van der Waals surface area contributed by atoms with Crippen LogP contribution in [0.15, 0.2) is 48.8 Å². The number of rotatable bonds is 10. The van der Waals surface area contributed by atoms with Crippen molar-refractivity contribution in [1.29, 1.82) is 0 Å². The van der Waals surface area contributed by atoms with E-state index in [2.05, 4.69) is 10.3 Å². The molecule has 1 amide bonds. The Morgan fingerprint density at radius 1 is 1.16 bits per heavy atom. The molecular formula is C24H26FN3O4.